The van der Waals surface area contributed by atoms with Gasteiger partial charge in [-0.25, -0.2) is 4.98 Å². The number of H-pyrrole nitrogens is 1. The molecular weight excluding hydrogens is 416 g/mol. The van der Waals surface area contributed by atoms with Gasteiger partial charge >= 0.3 is 0 Å². The smallest absolute Gasteiger partial charge is 0.264 e. The van der Waals surface area contributed by atoms with Crippen LogP contribution in [0, 0.1) is 6.92 Å². The van der Waals surface area contributed by atoms with Crippen molar-refractivity contribution < 1.29 is 4.79 Å². The first-order valence-corrected chi connectivity index (χ1v) is 12.1. The molecule has 30 heavy (non-hydrogen) atoms. The van der Waals surface area contributed by atoms with Gasteiger partial charge in [-0.3, -0.25) is 14.5 Å². The predicted octanol–water partition coefficient (Wildman–Crippen LogP) is 3.74. The number of aryl methyl sites for hydroxylation is 1. The van der Waals surface area contributed by atoms with Gasteiger partial charge in [-0.2, -0.15) is 0 Å². The summed E-state index contributed by atoms with van der Waals surface area (Å²) in [7, 11) is 0. The number of rotatable bonds is 4. The summed E-state index contributed by atoms with van der Waals surface area (Å²) in [5.74, 6) is 0.675. The topological polar surface area (TPSA) is 69.3 Å². The first-order chi connectivity index (χ1) is 14.6. The van der Waals surface area contributed by atoms with Gasteiger partial charge < -0.3 is 9.88 Å². The van der Waals surface area contributed by atoms with Crippen LogP contribution in [-0.2, 0) is 19.5 Å². The minimum atomic E-state index is -0.149. The summed E-state index contributed by atoms with van der Waals surface area (Å²) in [6, 6.07) is 5.74. The van der Waals surface area contributed by atoms with E-state index in [0.717, 1.165) is 48.5 Å². The first-order valence-electron chi connectivity index (χ1n) is 10.3. The Morgan fingerprint density at radius 1 is 1.27 bits per heavy atom. The molecule has 3 aromatic rings. The summed E-state index contributed by atoms with van der Waals surface area (Å²) in [6.45, 7) is 5.22. The second kappa shape index (κ2) is 8.09. The summed E-state index contributed by atoms with van der Waals surface area (Å²) in [5.41, 5.74) is 2.92. The molecule has 5 heterocycles. The molecule has 5 rings (SSSR count). The Hall–Kier alpha value is -2.29. The van der Waals surface area contributed by atoms with Crippen LogP contribution >= 0.6 is 22.7 Å². The van der Waals surface area contributed by atoms with Crippen LogP contribution in [0.1, 0.15) is 56.1 Å². The second-order valence-corrected chi connectivity index (χ2v) is 9.95. The van der Waals surface area contributed by atoms with E-state index in [1.165, 1.54) is 21.8 Å². The van der Waals surface area contributed by atoms with E-state index < -0.39 is 0 Å². The molecular formula is C22H24N4O2S2. The molecule has 0 saturated carbocycles. The number of likely N-dealkylation sites (tertiary alicyclic amines) is 1. The molecule has 1 N–H and O–H groups in total. The standard InChI is InChI=1S/C22H24N4O2S2/c1-14-7-11-30-19(14)13-25-9-6-16-15(12-25)21(27)24-20(23-16)17-4-2-8-26(17)22(28)18-5-3-10-29-18/h3,5,7,10-11,17H,2,4,6,8-9,12-13H2,1H3,(H,23,24,27). The lowest BCUT2D eigenvalue weighted by molar-refractivity contribution is 0.0734. The lowest BCUT2D eigenvalue weighted by Crippen LogP contribution is -2.37. The number of aromatic amines is 1. The average molecular weight is 441 g/mol. The van der Waals surface area contributed by atoms with E-state index >= 15 is 0 Å². The zero-order chi connectivity index (χ0) is 20.7. The van der Waals surface area contributed by atoms with Crippen LogP contribution in [0.4, 0.5) is 0 Å². The minimum absolute atomic E-state index is 0.0327. The molecule has 1 unspecified atom stereocenters. The highest BCUT2D eigenvalue weighted by molar-refractivity contribution is 7.12. The lowest BCUT2D eigenvalue weighted by atomic mass is 10.1. The molecule has 1 amide bonds. The Bertz CT molecular complexity index is 1120. The van der Waals surface area contributed by atoms with Gasteiger partial charge in [0.1, 0.15) is 5.82 Å². The second-order valence-electron chi connectivity index (χ2n) is 8.00. The maximum absolute atomic E-state index is 12.9. The molecule has 1 fully saturated rings. The highest BCUT2D eigenvalue weighted by Gasteiger charge is 2.34. The largest absolute Gasteiger partial charge is 0.328 e. The SMILES string of the molecule is Cc1ccsc1CN1CCc2nc(C3CCCN3C(=O)c3cccs3)[nH]c(=O)c2C1. The van der Waals surface area contributed by atoms with Gasteiger partial charge in [-0.15, -0.1) is 22.7 Å². The van der Waals surface area contributed by atoms with Crippen LogP contribution in [0.15, 0.2) is 33.8 Å². The molecule has 156 valence electrons. The molecule has 2 aliphatic heterocycles. The number of thiophene rings is 2. The van der Waals surface area contributed by atoms with Crippen LogP contribution in [0.3, 0.4) is 0 Å². The number of carbonyl (C=O) groups is 1. The molecule has 1 atom stereocenters. The van der Waals surface area contributed by atoms with Crippen molar-refractivity contribution in [2.24, 2.45) is 0 Å². The number of nitrogens with one attached hydrogen (secondary N) is 1. The lowest BCUT2D eigenvalue weighted by Gasteiger charge is -2.29. The van der Waals surface area contributed by atoms with Crippen molar-refractivity contribution in [1.82, 2.24) is 19.8 Å². The number of fused-ring (bicyclic) bond motifs is 1. The molecule has 1 saturated heterocycles. The van der Waals surface area contributed by atoms with Crippen molar-refractivity contribution in [1.29, 1.82) is 0 Å². The highest BCUT2D eigenvalue weighted by atomic mass is 32.1. The first kappa shape index (κ1) is 19.7. The Kier molecular flexibility index (Phi) is 5.30. The monoisotopic (exact) mass is 440 g/mol. The van der Waals surface area contributed by atoms with Crippen LogP contribution < -0.4 is 5.56 Å². The quantitative estimate of drug-likeness (QED) is 0.671. The number of hydrogen-bond acceptors (Lipinski definition) is 6. The van der Waals surface area contributed by atoms with Gasteiger partial charge in [0.2, 0.25) is 0 Å². The zero-order valence-corrected chi connectivity index (χ0v) is 18.5. The van der Waals surface area contributed by atoms with E-state index in [1.807, 2.05) is 22.4 Å². The third-order valence-electron chi connectivity index (χ3n) is 6.06. The van der Waals surface area contributed by atoms with E-state index in [9.17, 15) is 9.59 Å². The fourth-order valence-electron chi connectivity index (χ4n) is 4.40. The highest BCUT2D eigenvalue weighted by Crippen LogP contribution is 2.32. The Labute approximate surface area is 183 Å². The maximum Gasteiger partial charge on any atom is 0.264 e. The minimum Gasteiger partial charge on any atom is -0.328 e. The molecule has 0 bridgehead atoms. The van der Waals surface area contributed by atoms with Crippen molar-refractivity contribution in [3.05, 3.63) is 71.7 Å². The molecule has 0 aromatic carbocycles. The third-order valence-corrected chi connectivity index (χ3v) is 7.93. The van der Waals surface area contributed by atoms with Gasteiger partial charge in [0.05, 0.1) is 22.2 Å². The van der Waals surface area contributed by atoms with Crippen molar-refractivity contribution in [3.63, 3.8) is 0 Å². The number of aromatic nitrogens is 2. The van der Waals surface area contributed by atoms with Crippen molar-refractivity contribution >= 4 is 28.6 Å². The van der Waals surface area contributed by atoms with Crippen molar-refractivity contribution in [2.45, 2.75) is 45.3 Å². The Balaban J connectivity index is 1.37. The molecule has 0 radical (unpaired) electrons. The van der Waals surface area contributed by atoms with Crippen LogP contribution in [-0.4, -0.2) is 38.8 Å². The molecule has 2 aliphatic rings. The van der Waals surface area contributed by atoms with Crippen molar-refractivity contribution in [3.8, 4) is 0 Å². The number of nitrogens with zero attached hydrogens (tertiary/aromatic N) is 3. The third kappa shape index (κ3) is 3.64. The predicted molar refractivity (Wildman–Crippen MR) is 119 cm³/mol. The number of hydrogen-bond donors (Lipinski definition) is 1. The van der Waals surface area contributed by atoms with E-state index in [-0.39, 0.29) is 17.5 Å². The molecule has 0 spiro atoms. The average Bonchev–Trinajstić information content (AvgIpc) is 3.50. The van der Waals surface area contributed by atoms with E-state index in [2.05, 4.69) is 28.3 Å². The Morgan fingerprint density at radius 3 is 2.93 bits per heavy atom. The van der Waals surface area contributed by atoms with Gasteiger partial charge in [0.15, 0.2) is 0 Å². The maximum atomic E-state index is 12.9. The summed E-state index contributed by atoms with van der Waals surface area (Å²) in [5, 5.41) is 4.04. The number of amides is 1. The zero-order valence-electron chi connectivity index (χ0n) is 16.9. The molecule has 0 aliphatic carbocycles. The summed E-state index contributed by atoms with van der Waals surface area (Å²) >= 11 is 3.23. The van der Waals surface area contributed by atoms with Crippen molar-refractivity contribution in [2.75, 3.05) is 13.1 Å². The summed E-state index contributed by atoms with van der Waals surface area (Å²) in [4.78, 5) is 40.0. The van der Waals surface area contributed by atoms with Gasteiger partial charge in [-0.05, 0) is 48.2 Å². The fourth-order valence-corrected chi connectivity index (χ4v) is 6.02. The molecule has 6 nitrogen and oxygen atoms in total. The normalized spacial score (nSPS) is 19.2. The van der Waals surface area contributed by atoms with Crippen LogP contribution in [0.2, 0.25) is 0 Å². The van der Waals surface area contributed by atoms with Crippen LogP contribution in [0.25, 0.3) is 0 Å². The molecule has 3 aromatic heterocycles. The molecule has 8 heteroatoms. The van der Waals surface area contributed by atoms with Gasteiger partial charge in [-0.1, -0.05) is 6.07 Å². The summed E-state index contributed by atoms with van der Waals surface area (Å²) < 4.78 is 0. The Morgan fingerprint density at radius 2 is 2.17 bits per heavy atom. The summed E-state index contributed by atoms with van der Waals surface area (Å²) in [6.07, 6.45) is 2.53. The number of carbonyl (C=O) groups excluding carboxylic acids is 1. The fraction of sp³-hybridized carbons (Fsp3) is 0.409. The van der Waals surface area contributed by atoms with E-state index in [1.54, 1.807) is 11.3 Å². The van der Waals surface area contributed by atoms with Gasteiger partial charge in [0.25, 0.3) is 11.5 Å². The van der Waals surface area contributed by atoms with Crippen LogP contribution in [0.5, 0.6) is 0 Å². The van der Waals surface area contributed by atoms with Gasteiger partial charge in [0, 0.05) is 37.5 Å². The van der Waals surface area contributed by atoms with E-state index in [4.69, 9.17) is 4.98 Å². The van der Waals surface area contributed by atoms with E-state index in [0.29, 0.717) is 18.9 Å².